The number of nitrogens with one attached hydrogen (secondary N) is 1. The smallest absolute Gasteiger partial charge is 0.178 e. The maximum absolute atomic E-state index is 4.83. The van der Waals surface area contributed by atoms with Crippen LogP contribution in [0.15, 0.2) is 12.5 Å². The third kappa shape index (κ3) is 5.48. The molecule has 0 aliphatic rings. The lowest BCUT2D eigenvalue weighted by Gasteiger charge is -2.08. The van der Waals surface area contributed by atoms with E-state index in [9.17, 15) is 0 Å². The second-order valence-corrected chi connectivity index (χ2v) is 2.74. The van der Waals surface area contributed by atoms with Gasteiger partial charge in [0.1, 0.15) is 0 Å². The van der Waals surface area contributed by atoms with Gasteiger partial charge in [-0.15, -0.1) is 0 Å². The van der Waals surface area contributed by atoms with E-state index in [4.69, 9.17) is 4.74 Å². The molecule has 0 aromatic rings. The fourth-order valence-electron chi connectivity index (χ4n) is 0.572. The van der Waals surface area contributed by atoms with Crippen molar-refractivity contribution in [2.45, 2.75) is 20.3 Å². The van der Waals surface area contributed by atoms with Crippen LogP contribution in [0.3, 0.4) is 0 Å². The third-order valence-electron chi connectivity index (χ3n) is 1.29. The fourth-order valence-corrected chi connectivity index (χ4v) is 0.572. The molecule has 60 valence electrons. The van der Waals surface area contributed by atoms with Crippen LogP contribution in [0, 0.1) is 5.92 Å². The van der Waals surface area contributed by atoms with Crippen LogP contribution in [0.4, 0.5) is 0 Å². The third-order valence-corrected chi connectivity index (χ3v) is 1.29. The van der Waals surface area contributed by atoms with Crippen LogP contribution >= 0.6 is 0 Å². The van der Waals surface area contributed by atoms with Crippen molar-refractivity contribution in [3.05, 3.63) is 12.5 Å². The number of ether oxygens (including phenoxy) is 1. The SMILES string of the molecule is C=C(NCCC(C)C)OC. The molecule has 0 aliphatic heterocycles. The zero-order valence-corrected chi connectivity index (χ0v) is 7.11. The van der Waals surface area contributed by atoms with Gasteiger partial charge in [-0.3, -0.25) is 0 Å². The van der Waals surface area contributed by atoms with Gasteiger partial charge in [-0.25, -0.2) is 0 Å². The number of methoxy groups -OCH3 is 1. The molecule has 0 radical (unpaired) electrons. The molecule has 0 aromatic heterocycles. The highest BCUT2D eigenvalue weighted by Crippen LogP contribution is 1.97. The Hall–Kier alpha value is -0.660. The first kappa shape index (κ1) is 9.34. The monoisotopic (exact) mass is 143 g/mol. The van der Waals surface area contributed by atoms with E-state index in [0.29, 0.717) is 5.88 Å². The van der Waals surface area contributed by atoms with Gasteiger partial charge in [0.25, 0.3) is 0 Å². The summed E-state index contributed by atoms with van der Waals surface area (Å²) >= 11 is 0. The lowest BCUT2D eigenvalue weighted by Crippen LogP contribution is -2.16. The van der Waals surface area contributed by atoms with Crippen molar-refractivity contribution in [1.29, 1.82) is 0 Å². The minimum absolute atomic E-state index is 0.653. The highest BCUT2D eigenvalue weighted by molar-refractivity contribution is 4.77. The van der Waals surface area contributed by atoms with Gasteiger partial charge in [0.05, 0.1) is 7.11 Å². The molecule has 0 atom stereocenters. The van der Waals surface area contributed by atoms with Gasteiger partial charge in [-0.2, -0.15) is 0 Å². The van der Waals surface area contributed by atoms with Crippen molar-refractivity contribution in [1.82, 2.24) is 5.32 Å². The number of rotatable bonds is 5. The predicted molar refractivity (Wildman–Crippen MR) is 43.6 cm³/mol. The van der Waals surface area contributed by atoms with Crippen LogP contribution in [0.25, 0.3) is 0 Å². The maximum Gasteiger partial charge on any atom is 0.178 e. The van der Waals surface area contributed by atoms with Crippen LogP contribution in [0.2, 0.25) is 0 Å². The zero-order valence-electron chi connectivity index (χ0n) is 7.11. The van der Waals surface area contributed by atoms with E-state index in [1.54, 1.807) is 7.11 Å². The molecule has 2 nitrogen and oxygen atoms in total. The molecule has 0 spiro atoms. The first-order chi connectivity index (χ1) is 4.66. The largest absolute Gasteiger partial charge is 0.483 e. The van der Waals surface area contributed by atoms with E-state index in [1.165, 1.54) is 0 Å². The number of hydrogen-bond donors (Lipinski definition) is 1. The summed E-state index contributed by atoms with van der Waals surface area (Å²) in [4.78, 5) is 0. The molecule has 0 heterocycles. The summed E-state index contributed by atoms with van der Waals surface area (Å²) in [6.07, 6.45) is 1.16. The van der Waals surface area contributed by atoms with Gasteiger partial charge < -0.3 is 10.1 Å². The zero-order chi connectivity index (χ0) is 7.98. The van der Waals surface area contributed by atoms with Crippen molar-refractivity contribution in [2.24, 2.45) is 5.92 Å². The summed E-state index contributed by atoms with van der Waals surface area (Å²) in [6.45, 7) is 8.97. The van der Waals surface area contributed by atoms with Crippen molar-refractivity contribution < 1.29 is 4.74 Å². The summed E-state index contributed by atoms with van der Waals surface area (Å²) in [6, 6.07) is 0. The van der Waals surface area contributed by atoms with E-state index < -0.39 is 0 Å². The standard InChI is InChI=1S/C8H17NO/c1-7(2)5-6-9-8(3)10-4/h7,9H,3,5-6H2,1-2,4H3. The molecule has 0 amide bonds. The molecular formula is C8H17NO. The molecule has 0 saturated heterocycles. The summed E-state index contributed by atoms with van der Waals surface area (Å²) in [5.74, 6) is 1.39. The molecule has 0 saturated carbocycles. The molecule has 0 aliphatic carbocycles. The summed E-state index contributed by atoms with van der Waals surface area (Å²) in [7, 11) is 1.62. The summed E-state index contributed by atoms with van der Waals surface area (Å²) in [5, 5.41) is 3.05. The Morgan fingerprint density at radius 3 is 2.60 bits per heavy atom. The Morgan fingerprint density at radius 1 is 1.60 bits per heavy atom. The van der Waals surface area contributed by atoms with E-state index in [1.807, 2.05) is 0 Å². The predicted octanol–water partition coefficient (Wildman–Crippen LogP) is 1.74. The molecule has 0 fully saturated rings. The highest BCUT2D eigenvalue weighted by Gasteiger charge is 1.93. The first-order valence-electron chi connectivity index (χ1n) is 3.63. The van der Waals surface area contributed by atoms with Crippen molar-refractivity contribution in [3.63, 3.8) is 0 Å². The topological polar surface area (TPSA) is 21.3 Å². The maximum atomic E-state index is 4.83. The van der Waals surface area contributed by atoms with Crippen molar-refractivity contribution in [2.75, 3.05) is 13.7 Å². The van der Waals surface area contributed by atoms with Crippen LogP contribution in [-0.2, 0) is 4.74 Å². The quantitative estimate of drug-likeness (QED) is 0.592. The minimum atomic E-state index is 0.653. The van der Waals surface area contributed by atoms with Crippen molar-refractivity contribution >= 4 is 0 Å². The average Bonchev–Trinajstić information content (AvgIpc) is 1.87. The Labute approximate surface area is 63.3 Å². The molecule has 0 rings (SSSR count). The second-order valence-electron chi connectivity index (χ2n) is 2.74. The number of hydrogen-bond acceptors (Lipinski definition) is 2. The normalized spacial score (nSPS) is 9.60. The lowest BCUT2D eigenvalue weighted by atomic mass is 10.1. The molecule has 10 heavy (non-hydrogen) atoms. The van der Waals surface area contributed by atoms with Gasteiger partial charge in [-0.1, -0.05) is 13.8 Å². The second kappa shape index (κ2) is 5.15. The molecule has 1 N–H and O–H groups in total. The summed E-state index contributed by atoms with van der Waals surface area (Å²) in [5.41, 5.74) is 0. The van der Waals surface area contributed by atoms with Crippen LogP contribution in [-0.4, -0.2) is 13.7 Å². The van der Waals surface area contributed by atoms with Gasteiger partial charge in [-0.05, 0) is 18.9 Å². The molecule has 0 unspecified atom stereocenters. The van der Waals surface area contributed by atoms with E-state index in [-0.39, 0.29) is 0 Å². The van der Waals surface area contributed by atoms with E-state index in [2.05, 4.69) is 25.7 Å². The average molecular weight is 143 g/mol. The van der Waals surface area contributed by atoms with Gasteiger partial charge in [0.15, 0.2) is 5.88 Å². The molecular weight excluding hydrogens is 126 g/mol. The molecule has 0 bridgehead atoms. The molecule has 0 aromatic carbocycles. The van der Waals surface area contributed by atoms with Crippen LogP contribution in [0.5, 0.6) is 0 Å². The Morgan fingerprint density at radius 2 is 2.20 bits per heavy atom. The summed E-state index contributed by atoms with van der Waals surface area (Å²) < 4.78 is 4.83. The van der Waals surface area contributed by atoms with Crippen molar-refractivity contribution in [3.8, 4) is 0 Å². The minimum Gasteiger partial charge on any atom is -0.483 e. The van der Waals surface area contributed by atoms with Crippen LogP contribution in [0.1, 0.15) is 20.3 Å². The Bertz CT molecular complexity index is 99.4. The Kier molecular flexibility index (Phi) is 4.81. The Balaban J connectivity index is 3.12. The highest BCUT2D eigenvalue weighted by atomic mass is 16.5. The lowest BCUT2D eigenvalue weighted by molar-refractivity contribution is 0.261. The first-order valence-corrected chi connectivity index (χ1v) is 3.63. The van der Waals surface area contributed by atoms with Gasteiger partial charge >= 0.3 is 0 Å². The van der Waals surface area contributed by atoms with Crippen LogP contribution < -0.4 is 5.32 Å². The van der Waals surface area contributed by atoms with E-state index in [0.717, 1.165) is 18.9 Å². The fraction of sp³-hybridized carbons (Fsp3) is 0.750. The van der Waals surface area contributed by atoms with E-state index >= 15 is 0 Å². The molecule has 2 heteroatoms. The van der Waals surface area contributed by atoms with Gasteiger partial charge in [0, 0.05) is 6.54 Å². The van der Waals surface area contributed by atoms with Gasteiger partial charge in [0.2, 0.25) is 0 Å².